The van der Waals surface area contributed by atoms with Crippen LogP contribution in [0.2, 0.25) is 0 Å². The summed E-state index contributed by atoms with van der Waals surface area (Å²) in [6.07, 6.45) is 23.1. The molecule has 3 aromatic rings. The number of rotatable bonds is 17. The monoisotopic (exact) mass is 1670 g/mol. The maximum atomic E-state index is 13.4. The Balaban J connectivity index is 0.000000194. The molecule has 6 amide bonds. The molecule has 27 nitrogen and oxygen atoms in total. The number of ketones is 1. The summed E-state index contributed by atoms with van der Waals surface area (Å²) in [5.41, 5.74) is 14.0. The number of unbranched alkanes of at least 4 members (excludes halogenated alkanes) is 2. The van der Waals surface area contributed by atoms with Crippen LogP contribution in [-0.4, -0.2) is 216 Å². The molecule has 0 spiro atoms. The van der Waals surface area contributed by atoms with Gasteiger partial charge >= 0.3 is 18.3 Å². The van der Waals surface area contributed by atoms with E-state index >= 15 is 0 Å². The largest absolute Gasteiger partial charge is 0.491 e. The summed E-state index contributed by atoms with van der Waals surface area (Å²) >= 11 is 0. The molecule has 11 aliphatic rings. The standard InChI is InChI=1S/C31H41N7O3.C19H28N2O2.C12H22N2O2.C12H19NO3.C11H18N2O.C6H9N.C3H7N/c1-4-25-30(40)37(3)26-15-32-31(35-28(26)38(25)21-7-5-6-8-21)34-24-10-9-23(22-11-12-41-27(22)24)29(39)33-20-13-18-16-36(2)17-19(18)14-20;1-19(2,3)23-18(22)21-12-15-9-17(10-16(15)13-21)20-11-14-7-5-4-6-8-14;1-12(2,3)16-11(15)14-6-8-4-10(13)5-9(8)7-14;1-12(2,3)16-11(15)13-6-8-4-10(14)5-9(8)7-13;1-5-7-13(8-6-12)10(14)9-11(2,3)4;1-2-3-4-5-6-7;1-2-3-4/h9-10,15,18-21,25H,4-8,11-14,16-17H2,1-3H3,(H,33,39)(H,32,34,35);4-8,15-17,20H,9-13H2,1-3H3;8-10H,4-7,13H2,1-3H3;8-9H,4-7H2,1-3H3;5H,1,7-9H2,2-4H3;2H,1,3-5H2;2H,1,3-4H2/t18-,19+,20?,25-;15-,16+,17?;8-,9+,10?;8-,9+;;;/m1....../s1. The molecule has 5 saturated carbocycles. The number of likely N-dealkylation sites (tertiary alicyclic amines) is 4. The van der Waals surface area contributed by atoms with Crippen molar-refractivity contribution in [2.24, 2.45) is 64.2 Å². The molecule has 0 bridgehead atoms. The predicted octanol–water partition coefficient (Wildman–Crippen LogP) is 14.5. The lowest BCUT2D eigenvalue weighted by atomic mass is 9.91. The average Bonchev–Trinajstić information content (AvgIpc) is 0.930. The Morgan fingerprint density at radius 1 is 0.678 bits per heavy atom. The van der Waals surface area contributed by atoms with Crippen molar-refractivity contribution in [2.45, 2.75) is 259 Å². The lowest BCUT2D eigenvalue weighted by molar-refractivity contribution is -0.132. The fourth-order valence-corrected chi connectivity index (χ4v) is 18.6. The van der Waals surface area contributed by atoms with Gasteiger partial charge in [-0.25, -0.2) is 19.4 Å². The Bertz CT molecular complexity index is 4000. The van der Waals surface area contributed by atoms with E-state index in [4.69, 9.17) is 45.9 Å². The van der Waals surface area contributed by atoms with Gasteiger partial charge in [-0.2, -0.15) is 15.5 Å². The fourth-order valence-electron chi connectivity index (χ4n) is 18.6. The second-order valence-electron chi connectivity index (χ2n) is 38.9. The van der Waals surface area contributed by atoms with Gasteiger partial charge in [-0.15, -0.1) is 19.7 Å². The number of nitrogens with one attached hydrogen (secondary N) is 3. The number of carbonyl (C=O) groups is 7. The number of allylic oxidation sites excluding steroid dienone is 1. The number of nitriles is 2. The summed E-state index contributed by atoms with van der Waals surface area (Å²) in [5, 5.41) is 26.9. The van der Waals surface area contributed by atoms with Crippen LogP contribution < -0.4 is 42.0 Å². The molecule has 0 radical (unpaired) electrons. The van der Waals surface area contributed by atoms with Crippen molar-refractivity contribution in [1.29, 1.82) is 10.5 Å². The first-order valence-electron chi connectivity index (χ1n) is 44.3. The molecule has 12 atom stereocenters. The van der Waals surface area contributed by atoms with Crippen molar-refractivity contribution >= 4 is 64.9 Å². The van der Waals surface area contributed by atoms with Crippen molar-refractivity contribution in [1.82, 2.24) is 45.1 Å². The Kier molecular flexibility index (Phi) is 36.0. The lowest BCUT2D eigenvalue weighted by Gasteiger charge is -2.43. The highest BCUT2D eigenvalue weighted by Crippen LogP contribution is 2.45. The molecular weight excluding hydrogens is 1530 g/mol. The van der Waals surface area contributed by atoms with E-state index in [1.165, 1.54) is 23.3 Å². The van der Waals surface area contributed by atoms with Gasteiger partial charge in [0.25, 0.3) is 5.91 Å². The Morgan fingerprint density at radius 2 is 1.19 bits per heavy atom. The van der Waals surface area contributed by atoms with Gasteiger partial charge in [-0.05, 0) is 210 Å². The van der Waals surface area contributed by atoms with Crippen LogP contribution in [-0.2, 0) is 41.6 Å². The maximum absolute atomic E-state index is 13.4. The molecule has 6 aliphatic heterocycles. The van der Waals surface area contributed by atoms with Gasteiger partial charge in [-0.3, -0.25) is 19.2 Å². The second-order valence-corrected chi connectivity index (χ2v) is 38.9. The van der Waals surface area contributed by atoms with E-state index in [1.54, 1.807) is 28.1 Å². The number of fused-ring (bicyclic) bond motifs is 6. The minimum absolute atomic E-state index is 0.00724. The molecule has 5 aliphatic carbocycles. The quantitative estimate of drug-likeness (QED) is 0.0363. The zero-order valence-corrected chi connectivity index (χ0v) is 75.5. The smallest absolute Gasteiger partial charge is 0.410 e. The molecular formula is C94H144N16O11. The van der Waals surface area contributed by atoms with Crippen LogP contribution in [0.5, 0.6) is 5.75 Å². The Morgan fingerprint density at radius 3 is 1.67 bits per heavy atom. The van der Waals surface area contributed by atoms with E-state index in [0.29, 0.717) is 153 Å². The van der Waals surface area contributed by atoms with Crippen LogP contribution in [0, 0.1) is 75.4 Å². The topological polar surface area (TPSA) is 341 Å². The van der Waals surface area contributed by atoms with Gasteiger partial charge in [0.2, 0.25) is 17.8 Å². The zero-order chi connectivity index (χ0) is 88.7. The van der Waals surface area contributed by atoms with E-state index < -0.39 is 16.8 Å². The van der Waals surface area contributed by atoms with E-state index in [-0.39, 0.29) is 60.0 Å². The number of aromatic nitrogens is 2. The minimum Gasteiger partial charge on any atom is -0.491 e. The second kappa shape index (κ2) is 44.8. The van der Waals surface area contributed by atoms with Crippen LogP contribution in [0.25, 0.3) is 0 Å². The van der Waals surface area contributed by atoms with Crippen LogP contribution in [0.4, 0.5) is 37.5 Å². The van der Waals surface area contributed by atoms with Crippen molar-refractivity contribution in [2.75, 3.05) is 108 Å². The Labute approximate surface area is 721 Å². The molecule has 4 saturated heterocycles. The number of carbonyl (C=O) groups excluding carboxylic acids is 7. The predicted molar refractivity (Wildman–Crippen MR) is 476 cm³/mol. The molecule has 121 heavy (non-hydrogen) atoms. The van der Waals surface area contributed by atoms with Crippen molar-refractivity contribution in [3.05, 3.63) is 103 Å². The first-order valence-corrected chi connectivity index (χ1v) is 44.3. The molecule has 27 heteroatoms. The molecule has 7 N–H and O–H groups in total. The summed E-state index contributed by atoms with van der Waals surface area (Å²) in [4.78, 5) is 108. The van der Waals surface area contributed by atoms with Crippen LogP contribution >= 0.6 is 0 Å². The molecule has 9 fully saturated rings. The summed E-state index contributed by atoms with van der Waals surface area (Å²) in [7, 11) is 4.00. The third-order valence-electron chi connectivity index (χ3n) is 24.0. The number of anilines is 4. The van der Waals surface area contributed by atoms with Crippen molar-refractivity contribution in [3.8, 4) is 17.9 Å². The first kappa shape index (κ1) is 97.3. The number of nitrogens with two attached hydrogens (primary N) is 2. The molecule has 14 rings (SSSR count). The number of nitrogens with zero attached hydrogens (tertiary/aromatic N) is 11. The third-order valence-corrected chi connectivity index (χ3v) is 24.0. The maximum Gasteiger partial charge on any atom is 0.410 e. The van der Waals surface area contributed by atoms with Gasteiger partial charge < -0.3 is 80.7 Å². The average molecular weight is 1670 g/mol. The molecule has 7 heterocycles. The minimum atomic E-state index is -0.440. The van der Waals surface area contributed by atoms with Gasteiger partial charge in [0, 0.05) is 146 Å². The summed E-state index contributed by atoms with van der Waals surface area (Å²) in [6, 6.07) is 19.6. The van der Waals surface area contributed by atoms with Gasteiger partial charge in [0.1, 0.15) is 46.6 Å². The van der Waals surface area contributed by atoms with Gasteiger partial charge in [-0.1, -0.05) is 89.1 Å². The molecule has 2 aromatic carbocycles. The fraction of sp³-hybridized carbons (Fsp3) is 0.670. The zero-order valence-electron chi connectivity index (χ0n) is 75.5. The highest BCUT2D eigenvalue weighted by molar-refractivity contribution is 6.04. The highest BCUT2D eigenvalue weighted by atomic mass is 16.6. The van der Waals surface area contributed by atoms with Crippen LogP contribution in [0.1, 0.15) is 221 Å². The number of likely N-dealkylation sites (N-methyl/N-ethyl adjacent to an activating group) is 1. The Hall–Kier alpha value is -9.15. The van der Waals surface area contributed by atoms with Crippen LogP contribution in [0.15, 0.2) is 86.6 Å². The summed E-state index contributed by atoms with van der Waals surface area (Å²) < 4.78 is 22.2. The van der Waals surface area contributed by atoms with Crippen molar-refractivity contribution < 1.29 is 52.5 Å². The highest BCUT2D eigenvalue weighted by Gasteiger charge is 2.48. The number of benzene rings is 2. The van der Waals surface area contributed by atoms with E-state index in [0.717, 1.165) is 139 Å². The lowest BCUT2D eigenvalue weighted by Crippen LogP contribution is -2.55. The molecule has 1 aromatic heterocycles. The van der Waals surface area contributed by atoms with Crippen molar-refractivity contribution in [3.63, 3.8) is 0 Å². The van der Waals surface area contributed by atoms with E-state index in [1.807, 2.05) is 124 Å². The van der Waals surface area contributed by atoms with Gasteiger partial charge in [0.15, 0.2) is 5.82 Å². The number of hydrogen-bond acceptors (Lipinski definition) is 21. The number of Topliss-reactive ketones (excluding diaryl/α,β-unsaturated/α-hetero) is 1. The van der Waals surface area contributed by atoms with Gasteiger partial charge in [0.05, 0.1) is 30.6 Å². The first-order chi connectivity index (χ1) is 57.2. The normalized spacial score (nSPS) is 24.7. The van der Waals surface area contributed by atoms with E-state index in [9.17, 15) is 33.6 Å². The third kappa shape index (κ3) is 29.3. The summed E-state index contributed by atoms with van der Waals surface area (Å²) in [6.45, 7) is 45.2. The molecule has 3 unspecified atom stereocenters. The SMILES string of the molecule is C=CCCCC#N.C=CCN.C=CCN(CC#N)C(=O)CC(C)(C)C.CC(C)(C)OC(=O)N1C[C@H]2CC(=O)C[C@H]2C1.CC(C)(C)OC(=O)N1C[C@H]2CC(N)C[C@H]2C1.CC(C)(C)OC(=O)N1C[C@H]2CC(NCc3ccccc3)C[C@H]2C1.CC[C@@H]1C(=O)N(C)c2cnc(Nc3ccc(C(=O)NC4C[C@@H]5CN(C)C[C@@H]5C4)c4c3OCC4)nc2N1C1CCCC1. The van der Waals surface area contributed by atoms with E-state index in [2.05, 4.69) is 101 Å². The number of ether oxygens (including phenoxy) is 4. The van der Waals surface area contributed by atoms with Crippen LogP contribution in [0.3, 0.4) is 0 Å². The molecule has 666 valence electrons. The number of amides is 6. The number of hydrogen-bond donors (Lipinski definition) is 5. The summed E-state index contributed by atoms with van der Waals surface area (Å²) in [5.74, 6) is 7.00.